The van der Waals surface area contributed by atoms with Gasteiger partial charge in [-0.2, -0.15) is 0 Å². The number of nitrogens with one attached hydrogen (secondary N) is 1. The van der Waals surface area contributed by atoms with Gasteiger partial charge in [0.25, 0.3) is 0 Å². The van der Waals surface area contributed by atoms with Gasteiger partial charge in [-0.1, -0.05) is 12.8 Å². The van der Waals surface area contributed by atoms with E-state index in [2.05, 4.69) is 15.5 Å². The van der Waals surface area contributed by atoms with E-state index in [1.807, 2.05) is 29.7 Å². The number of carbonyl (C=O) groups is 1. The Labute approximate surface area is 105 Å². The number of fused-ring (bicyclic) bond motifs is 1. The summed E-state index contributed by atoms with van der Waals surface area (Å²) in [6.45, 7) is 1.89. The number of hydrogen-bond acceptors (Lipinski definition) is 3. The highest BCUT2D eigenvalue weighted by Gasteiger charge is 2.23. The molecule has 0 saturated heterocycles. The third-order valence-corrected chi connectivity index (χ3v) is 3.59. The van der Waals surface area contributed by atoms with Crippen LogP contribution >= 0.6 is 0 Å². The van der Waals surface area contributed by atoms with Crippen molar-refractivity contribution >= 4 is 17.2 Å². The Morgan fingerprint density at radius 1 is 1.39 bits per heavy atom. The SMILES string of the molecule is Cc1nnc2c(NC(=O)C3CCCC3)cccn12. The lowest BCUT2D eigenvalue weighted by Crippen LogP contribution is -2.20. The minimum Gasteiger partial charge on any atom is -0.323 e. The fourth-order valence-electron chi connectivity index (χ4n) is 2.55. The Kier molecular flexibility index (Phi) is 2.74. The molecule has 0 radical (unpaired) electrons. The number of amides is 1. The molecule has 5 heteroatoms. The van der Waals surface area contributed by atoms with E-state index in [1.165, 1.54) is 0 Å². The van der Waals surface area contributed by atoms with Crippen LogP contribution in [0.1, 0.15) is 31.5 Å². The normalized spacial score (nSPS) is 16.3. The second-order valence-corrected chi connectivity index (χ2v) is 4.83. The third kappa shape index (κ3) is 1.85. The molecule has 1 saturated carbocycles. The van der Waals surface area contributed by atoms with E-state index in [1.54, 1.807) is 0 Å². The van der Waals surface area contributed by atoms with Gasteiger partial charge in [-0.25, -0.2) is 0 Å². The van der Waals surface area contributed by atoms with Crippen LogP contribution in [0, 0.1) is 12.8 Å². The minimum absolute atomic E-state index is 0.112. The fourth-order valence-corrected chi connectivity index (χ4v) is 2.55. The lowest BCUT2D eigenvalue weighted by Gasteiger charge is -2.10. The minimum atomic E-state index is 0.112. The van der Waals surface area contributed by atoms with Gasteiger partial charge in [-0.3, -0.25) is 9.20 Å². The van der Waals surface area contributed by atoms with Crippen molar-refractivity contribution in [1.82, 2.24) is 14.6 Å². The summed E-state index contributed by atoms with van der Waals surface area (Å²) in [5.41, 5.74) is 1.45. The standard InChI is InChI=1S/C13H16N4O/c1-9-15-16-12-11(7-4-8-17(9)12)14-13(18)10-5-2-3-6-10/h4,7-8,10H,2-3,5-6H2,1H3,(H,14,18). The monoisotopic (exact) mass is 244 g/mol. The number of aromatic nitrogens is 3. The largest absolute Gasteiger partial charge is 0.323 e. The second kappa shape index (κ2) is 4.40. The first-order chi connectivity index (χ1) is 8.75. The van der Waals surface area contributed by atoms with Crippen molar-refractivity contribution in [3.05, 3.63) is 24.2 Å². The number of pyridine rings is 1. The Morgan fingerprint density at radius 2 is 2.17 bits per heavy atom. The molecule has 1 N–H and O–H groups in total. The van der Waals surface area contributed by atoms with Gasteiger partial charge < -0.3 is 5.32 Å². The summed E-state index contributed by atoms with van der Waals surface area (Å²) < 4.78 is 1.88. The van der Waals surface area contributed by atoms with Crippen molar-refractivity contribution in [2.75, 3.05) is 5.32 Å². The molecule has 3 rings (SSSR count). The van der Waals surface area contributed by atoms with Crippen LogP contribution in [0.2, 0.25) is 0 Å². The third-order valence-electron chi connectivity index (χ3n) is 3.59. The van der Waals surface area contributed by atoms with Gasteiger partial charge >= 0.3 is 0 Å². The molecule has 2 aromatic heterocycles. The van der Waals surface area contributed by atoms with Gasteiger partial charge in [-0.15, -0.1) is 10.2 Å². The maximum Gasteiger partial charge on any atom is 0.227 e. The molecule has 0 spiro atoms. The Bertz CT molecular complexity index is 584. The van der Waals surface area contributed by atoms with E-state index in [9.17, 15) is 4.79 Å². The average molecular weight is 244 g/mol. The summed E-state index contributed by atoms with van der Waals surface area (Å²) >= 11 is 0. The van der Waals surface area contributed by atoms with E-state index < -0.39 is 0 Å². The number of nitrogens with zero attached hydrogens (tertiary/aromatic N) is 3. The highest BCUT2D eigenvalue weighted by Crippen LogP contribution is 2.26. The molecular weight excluding hydrogens is 228 g/mol. The molecule has 5 nitrogen and oxygen atoms in total. The van der Waals surface area contributed by atoms with Crippen LogP contribution in [0.4, 0.5) is 5.69 Å². The highest BCUT2D eigenvalue weighted by molar-refractivity contribution is 5.95. The van der Waals surface area contributed by atoms with E-state index in [0.717, 1.165) is 37.2 Å². The number of carbonyl (C=O) groups excluding carboxylic acids is 1. The number of aryl methyl sites for hydroxylation is 1. The van der Waals surface area contributed by atoms with Crippen LogP contribution < -0.4 is 5.32 Å². The quantitative estimate of drug-likeness (QED) is 0.880. The zero-order chi connectivity index (χ0) is 12.5. The van der Waals surface area contributed by atoms with Crippen LogP contribution in [0.3, 0.4) is 0 Å². The summed E-state index contributed by atoms with van der Waals surface area (Å²) in [6.07, 6.45) is 6.22. The lowest BCUT2D eigenvalue weighted by atomic mass is 10.1. The molecule has 1 aliphatic carbocycles. The molecule has 0 unspecified atom stereocenters. The molecule has 2 aromatic rings. The smallest absolute Gasteiger partial charge is 0.227 e. The summed E-state index contributed by atoms with van der Waals surface area (Å²) in [5, 5.41) is 11.1. The van der Waals surface area contributed by atoms with Crippen LogP contribution in [0.5, 0.6) is 0 Å². The highest BCUT2D eigenvalue weighted by atomic mass is 16.1. The van der Waals surface area contributed by atoms with Crippen molar-refractivity contribution in [3.8, 4) is 0 Å². The summed E-state index contributed by atoms with van der Waals surface area (Å²) in [6, 6.07) is 3.77. The van der Waals surface area contributed by atoms with E-state index in [0.29, 0.717) is 5.65 Å². The van der Waals surface area contributed by atoms with Crippen LogP contribution in [-0.4, -0.2) is 20.5 Å². The molecule has 18 heavy (non-hydrogen) atoms. The molecule has 0 aromatic carbocycles. The van der Waals surface area contributed by atoms with Gasteiger partial charge in [0.1, 0.15) is 5.82 Å². The summed E-state index contributed by atoms with van der Waals surface area (Å²) in [5.74, 6) is 1.09. The number of anilines is 1. The maximum atomic E-state index is 12.1. The lowest BCUT2D eigenvalue weighted by molar-refractivity contribution is -0.119. The molecule has 1 amide bonds. The number of rotatable bonds is 2. The van der Waals surface area contributed by atoms with Gasteiger partial charge in [0.2, 0.25) is 5.91 Å². The number of hydrogen-bond donors (Lipinski definition) is 1. The molecule has 0 bridgehead atoms. The first-order valence-electron chi connectivity index (χ1n) is 6.37. The van der Waals surface area contributed by atoms with Crippen LogP contribution in [0.15, 0.2) is 18.3 Å². The Morgan fingerprint density at radius 3 is 2.94 bits per heavy atom. The molecule has 1 fully saturated rings. The molecular formula is C13H16N4O. The van der Waals surface area contributed by atoms with Gasteiger partial charge in [-0.05, 0) is 31.9 Å². The predicted molar refractivity (Wildman–Crippen MR) is 68.3 cm³/mol. The van der Waals surface area contributed by atoms with Crippen molar-refractivity contribution in [2.24, 2.45) is 5.92 Å². The second-order valence-electron chi connectivity index (χ2n) is 4.83. The van der Waals surface area contributed by atoms with Crippen molar-refractivity contribution in [3.63, 3.8) is 0 Å². The molecule has 1 aliphatic rings. The average Bonchev–Trinajstić information content (AvgIpc) is 3.00. The maximum absolute atomic E-state index is 12.1. The van der Waals surface area contributed by atoms with Crippen molar-refractivity contribution in [2.45, 2.75) is 32.6 Å². The first kappa shape index (κ1) is 11.2. The summed E-state index contributed by atoms with van der Waals surface area (Å²) in [4.78, 5) is 12.1. The zero-order valence-electron chi connectivity index (χ0n) is 10.4. The molecule has 94 valence electrons. The topological polar surface area (TPSA) is 59.3 Å². The molecule has 0 aliphatic heterocycles. The zero-order valence-corrected chi connectivity index (χ0v) is 10.4. The molecule has 2 heterocycles. The van der Waals surface area contributed by atoms with E-state index in [-0.39, 0.29) is 11.8 Å². The van der Waals surface area contributed by atoms with Crippen LogP contribution in [0.25, 0.3) is 5.65 Å². The van der Waals surface area contributed by atoms with Crippen LogP contribution in [-0.2, 0) is 4.79 Å². The van der Waals surface area contributed by atoms with Gasteiger partial charge in [0, 0.05) is 12.1 Å². The Balaban J connectivity index is 1.88. The summed E-state index contributed by atoms with van der Waals surface area (Å²) in [7, 11) is 0. The predicted octanol–water partition coefficient (Wildman–Crippen LogP) is 2.17. The Hall–Kier alpha value is -1.91. The first-order valence-corrected chi connectivity index (χ1v) is 6.37. The molecule has 0 atom stereocenters. The van der Waals surface area contributed by atoms with Gasteiger partial charge in [0.15, 0.2) is 5.65 Å². The fraction of sp³-hybridized carbons (Fsp3) is 0.462. The van der Waals surface area contributed by atoms with Crippen molar-refractivity contribution < 1.29 is 4.79 Å². The van der Waals surface area contributed by atoms with E-state index in [4.69, 9.17) is 0 Å². The van der Waals surface area contributed by atoms with Gasteiger partial charge in [0.05, 0.1) is 5.69 Å². The van der Waals surface area contributed by atoms with Crippen molar-refractivity contribution in [1.29, 1.82) is 0 Å². The van der Waals surface area contributed by atoms with E-state index >= 15 is 0 Å².